The molecular formula is C20H29IN4O. The SMILES string of the molecule is CCOc1cc(CNC(=NC)NC(C)CCc2ccccc2)ccn1.I. The van der Waals surface area contributed by atoms with Crippen LogP contribution in [0.5, 0.6) is 5.88 Å². The molecule has 1 aromatic carbocycles. The fourth-order valence-corrected chi connectivity index (χ4v) is 2.50. The molecule has 1 unspecified atom stereocenters. The van der Waals surface area contributed by atoms with E-state index in [1.54, 1.807) is 13.2 Å². The zero-order valence-electron chi connectivity index (χ0n) is 15.7. The van der Waals surface area contributed by atoms with Gasteiger partial charge in [0.15, 0.2) is 5.96 Å². The van der Waals surface area contributed by atoms with E-state index in [9.17, 15) is 0 Å². The number of nitrogens with one attached hydrogen (secondary N) is 2. The number of pyridine rings is 1. The van der Waals surface area contributed by atoms with Crippen molar-refractivity contribution >= 4 is 29.9 Å². The fourth-order valence-electron chi connectivity index (χ4n) is 2.50. The molecule has 0 fully saturated rings. The molecule has 0 spiro atoms. The van der Waals surface area contributed by atoms with E-state index in [0.29, 0.717) is 25.1 Å². The highest BCUT2D eigenvalue weighted by Crippen LogP contribution is 2.09. The Morgan fingerprint density at radius 1 is 1.19 bits per heavy atom. The average Bonchev–Trinajstić information content (AvgIpc) is 2.65. The van der Waals surface area contributed by atoms with Gasteiger partial charge >= 0.3 is 0 Å². The summed E-state index contributed by atoms with van der Waals surface area (Å²) < 4.78 is 5.43. The van der Waals surface area contributed by atoms with Gasteiger partial charge in [-0.3, -0.25) is 4.99 Å². The van der Waals surface area contributed by atoms with E-state index in [-0.39, 0.29) is 24.0 Å². The van der Waals surface area contributed by atoms with E-state index in [2.05, 4.69) is 51.8 Å². The molecule has 0 saturated carbocycles. The first-order chi connectivity index (χ1) is 12.2. The number of nitrogens with zero attached hydrogens (tertiary/aromatic N) is 2. The molecule has 2 rings (SSSR count). The third kappa shape index (κ3) is 8.03. The predicted molar refractivity (Wildman–Crippen MR) is 118 cm³/mol. The Hall–Kier alpha value is -1.83. The molecule has 0 aliphatic carbocycles. The minimum absolute atomic E-state index is 0. The van der Waals surface area contributed by atoms with Crippen molar-refractivity contribution in [3.05, 3.63) is 59.8 Å². The van der Waals surface area contributed by atoms with Crippen molar-refractivity contribution in [2.45, 2.75) is 39.3 Å². The average molecular weight is 468 g/mol. The number of rotatable bonds is 8. The lowest BCUT2D eigenvalue weighted by Crippen LogP contribution is -2.42. The second-order valence-electron chi connectivity index (χ2n) is 5.93. The molecule has 1 aromatic heterocycles. The van der Waals surface area contributed by atoms with Crippen molar-refractivity contribution in [2.75, 3.05) is 13.7 Å². The maximum absolute atomic E-state index is 5.43. The van der Waals surface area contributed by atoms with Crippen LogP contribution >= 0.6 is 24.0 Å². The number of benzene rings is 1. The summed E-state index contributed by atoms with van der Waals surface area (Å²) >= 11 is 0. The molecule has 142 valence electrons. The standard InChI is InChI=1S/C20H28N4O.HI/c1-4-25-19-14-18(12-13-22-19)15-23-20(21-3)24-16(2)10-11-17-8-6-5-7-9-17;/h5-9,12-14,16H,4,10-11,15H2,1-3H3,(H2,21,23,24);1H. The van der Waals surface area contributed by atoms with E-state index in [4.69, 9.17) is 4.74 Å². The first kappa shape index (κ1) is 22.2. The molecule has 5 nitrogen and oxygen atoms in total. The van der Waals surface area contributed by atoms with Gasteiger partial charge in [0.05, 0.1) is 6.61 Å². The Morgan fingerprint density at radius 2 is 1.96 bits per heavy atom. The van der Waals surface area contributed by atoms with Gasteiger partial charge < -0.3 is 15.4 Å². The highest BCUT2D eigenvalue weighted by atomic mass is 127. The lowest BCUT2D eigenvalue weighted by Gasteiger charge is -2.18. The van der Waals surface area contributed by atoms with Crippen LogP contribution in [-0.4, -0.2) is 30.6 Å². The van der Waals surface area contributed by atoms with E-state index >= 15 is 0 Å². The lowest BCUT2D eigenvalue weighted by molar-refractivity contribution is 0.326. The van der Waals surface area contributed by atoms with Gasteiger partial charge in [0.25, 0.3) is 0 Å². The molecule has 0 amide bonds. The monoisotopic (exact) mass is 468 g/mol. The first-order valence-corrected chi connectivity index (χ1v) is 8.80. The van der Waals surface area contributed by atoms with E-state index in [0.717, 1.165) is 24.4 Å². The van der Waals surface area contributed by atoms with Crippen molar-refractivity contribution in [1.82, 2.24) is 15.6 Å². The van der Waals surface area contributed by atoms with Crippen LogP contribution in [0.2, 0.25) is 0 Å². The van der Waals surface area contributed by atoms with Crippen molar-refractivity contribution in [3.8, 4) is 5.88 Å². The normalized spacial score (nSPS) is 12.0. The molecule has 0 saturated heterocycles. The number of guanidine groups is 1. The summed E-state index contributed by atoms with van der Waals surface area (Å²) in [6, 6.07) is 14.8. The quantitative estimate of drug-likeness (QED) is 0.352. The maximum atomic E-state index is 5.43. The number of ether oxygens (including phenoxy) is 1. The van der Waals surface area contributed by atoms with Crippen LogP contribution in [0.25, 0.3) is 0 Å². The highest BCUT2D eigenvalue weighted by molar-refractivity contribution is 14.0. The van der Waals surface area contributed by atoms with Crippen molar-refractivity contribution in [2.24, 2.45) is 4.99 Å². The van der Waals surface area contributed by atoms with Crippen LogP contribution in [0.3, 0.4) is 0 Å². The minimum atomic E-state index is 0. The molecule has 0 aliphatic heterocycles. The van der Waals surface area contributed by atoms with Gasteiger partial charge in [-0.2, -0.15) is 0 Å². The van der Waals surface area contributed by atoms with Crippen LogP contribution in [0, 0.1) is 0 Å². The molecule has 2 aromatic rings. The van der Waals surface area contributed by atoms with Gasteiger partial charge in [0.1, 0.15) is 0 Å². The second kappa shape index (κ2) is 12.5. The third-order valence-electron chi connectivity index (χ3n) is 3.87. The van der Waals surface area contributed by atoms with Crippen molar-refractivity contribution in [1.29, 1.82) is 0 Å². The van der Waals surface area contributed by atoms with E-state index < -0.39 is 0 Å². The van der Waals surface area contributed by atoms with Crippen LogP contribution < -0.4 is 15.4 Å². The van der Waals surface area contributed by atoms with Gasteiger partial charge in [0, 0.05) is 31.9 Å². The van der Waals surface area contributed by atoms with Gasteiger partial charge in [-0.1, -0.05) is 30.3 Å². The summed E-state index contributed by atoms with van der Waals surface area (Å²) in [6.45, 7) is 5.42. The molecule has 0 radical (unpaired) electrons. The molecule has 1 heterocycles. The number of aromatic nitrogens is 1. The zero-order chi connectivity index (χ0) is 17.9. The summed E-state index contributed by atoms with van der Waals surface area (Å²) in [5.41, 5.74) is 2.47. The Labute approximate surface area is 173 Å². The number of hydrogen-bond donors (Lipinski definition) is 2. The second-order valence-corrected chi connectivity index (χ2v) is 5.93. The maximum Gasteiger partial charge on any atom is 0.213 e. The van der Waals surface area contributed by atoms with Crippen LogP contribution in [0.4, 0.5) is 0 Å². The summed E-state index contributed by atoms with van der Waals surface area (Å²) in [6.07, 6.45) is 3.86. The fraction of sp³-hybridized carbons (Fsp3) is 0.400. The topological polar surface area (TPSA) is 58.5 Å². The molecule has 1 atom stereocenters. The van der Waals surface area contributed by atoms with Crippen LogP contribution in [0.1, 0.15) is 31.4 Å². The van der Waals surface area contributed by atoms with Crippen molar-refractivity contribution < 1.29 is 4.74 Å². The molecule has 26 heavy (non-hydrogen) atoms. The highest BCUT2D eigenvalue weighted by Gasteiger charge is 2.06. The molecule has 6 heteroatoms. The Balaban J connectivity index is 0.00000338. The first-order valence-electron chi connectivity index (χ1n) is 8.80. The van der Waals surface area contributed by atoms with Crippen LogP contribution in [-0.2, 0) is 13.0 Å². The van der Waals surface area contributed by atoms with E-state index in [1.807, 2.05) is 25.1 Å². The van der Waals surface area contributed by atoms with E-state index in [1.165, 1.54) is 5.56 Å². The Bertz CT molecular complexity index is 664. The van der Waals surface area contributed by atoms with Crippen LogP contribution in [0.15, 0.2) is 53.7 Å². The zero-order valence-corrected chi connectivity index (χ0v) is 18.1. The smallest absolute Gasteiger partial charge is 0.213 e. The lowest BCUT2D eigenvalue weighted by atomic mass is 10.1. The molecule has 0 aliphatic rings. The molecular weight excluding hydrogens is 439 g/mol. The summed E-state index contributed by atoms with van der Waals surface area (Å²) in [5.74, 6) is 1.45. The van der Waals surface area contributed by atoms with Gasteiger partial charge in [0.2, 0.25) is 5.88 Å². The molecule has 0 bridgehead atoms. The van der Waals surface area contributed by atoms with Gasteiger partial charge in [-0.05, 0) is 43.9 Å². The predicted octanol–water partition coefficient (Wildman–Crippen LogP) is 3.78. The van der Waals surface area contributed by atoms with Gasteiger partial charge in [-0.15, -0.1) is 24.0 Å². The Kier molecular flexibility index (Phi) is 10.7. The minimum Gasteiger partial charge on any atom is -0.478 e. The largest absolute Gasteiger partial charge is 0.478 e. The molecule has 2 N–H and O–H groups in total. The van der Waals surface area contributed by atoms with Crippen molar-refractivity contribution in [3.63, 3.8) is 0 Å². The number of halogens is 1. The number of aryl methyl sites for hydroxylation is 1. The summed E-state index contributed by atoms with van der Waals surface area (Å²) in [4.78, 5) is 8.49. The van der Waals surface area contributed by atoms with Gasteiger partial charge in [-0.25, -0.2) is 4.98 Å². The third-order valence-corrected chi connectivity index (χ3v) is 3.87. The number of aliphatic imine (C=N–C) groups is 1. The summed E-state index contributed by atoms with van der Waals surface area (Å²) in [5, 5.41) is 6.78. The Morgan fingerprint density at radius 3 is 2.65 bits per heavy atom. The summed E-state index contributed by atoms with van der Waals surface area (Å²) in [7, 11) is 1.79. The number of hydrogen-bond acceptors (Lipinski definition) is 3.